The molecule has 0 saturated carbocycles. The van der Waals surface area contributed by atoms with E-state index in [1.807, 2.05) is 31.2 Å². The second-order valence-corrected chi connectivity index (χ2v) is 7.22. The van der Waals surface area contributed by atoms with Gasteiger partial charge < -0.3 is 9.47 Å². The van der Waals surface area contributed by atoms with Gasteiger partial charge in [0.1, 0.15) is 11.5 Å². The Kier molecular flexibility index (Phi) is 7.51. The minimum absolute atomic E-state index is 0.592. The Morgan fingerprint density at radius 2 is 1.83 bits per heavy atom. The molecule has 126 valence electrons. The highest BCUT2D eigenvalue weighted by atomic mass is 79.9. The predicted molar refractivity (Wildman–Crippen MR) is 102 cm³/mol. The van der Waals surface area contributed by atoms with Gasteiger partial charge in [0.15, 0.2) is 0 Å². The van der Waals surface area contributed by atoms with E-state index in [-0.39, 0.29) is 0 Å². The van der Waals surface area contributed by atoms with Crippen LogP contribution in [0, 0.1) is 0 Å². The van der Waals surface area contributed by atoms with Crippen molar-refractivity contribution in [2.45, 2.75) is 44.4 Å². The van der Waals surface area contributed by atoms with Gasteiger partial charge in [-0.25, -0.2) is 0 Å². The first-order valence-electron chi connectivity index (χ1n) is 8.28. The third-order valence-corrected chi connectivity index (χ3v) is 5.20. The van der Waals surface area contributed by atoms with Crippen molar-refractivity contribution in [2.75, 3.05) is 13.2 Å². The van der Waals surface area contributed by atoms with Gasteiger partial charge in [-0.1, -0.05) is 58.7 Å². The van der Waals surface area contributed by atoms with E-state index in [1.54, 1.807) is 0 Å². The highest BCUT2D eigenvalue weighted by Crippen LogP contribution is 2.39. The van der Waals surface area contributed by atoms with Crippen molar-refractivity contribution >= 4 is 38.3 Å². The number of alkyl halides is 1. The van der Waals surface area contributed by atoms with Gasteiger partial charge in [0.25, 0.3) is 0 Å². The Balaban J connectivity index is 2.07. The Labute approximate surface area is 152 Å². The summed E-state index contributed by atoms with van der Waals surface area (Å²) in [6.45, 7) is 5.46. The van der Waals surface area contributed by atoms with Crippen LogP contribution in [-0.2, 0) is 0 Å². The van der Waals surface area contributed by atoms with Gasteiger partial charge in [-0.3, -0.25) is 0 Å². The van der Waals surface area contributed by atoms with Gasteiger partial charge >= 0.3 is 0 Å². The molecule has 0 bridgehead atoms. The number of halogens is 2. The van der Waals surface area contributed by atoms with Crippen LogP contribution >= 0.6 is 27.5 Å². The molecule has 0 heterocycles. The topological polar surface area (TPSA) is 18.5 Å². The summed E-state index contributed by atoms with van der Waals surface area (Å²) >= 11 is 10.0. The first-order chi connectivity index (χ1) is 11.2. The zero-order valence-electron chi connectivity index (χ0n) is 13.8. The van der Waals surface area contributed by atoms with Crippen LogP contribution in [-0.4, -0.2) is 18.0 Å². The first kappa shape index (κ1) is 18.4. The molecule has 0 amide bonds. The van der Waals surface area contributed by atoms with Crippen LogP contribution < -0.4 is 9.47 Å². The molecule has 0 aliphatic rings. The first-order valence-corrected chi connectivity index (χ1v) is 9.57. The second-order valence-electron chi connectivity index (χ2n) is 5.51. The van der Waals surface area contributed by atoms with Crippen LogP contribution in [0.15, 0.2) is 30.3 Å². The largest absolute Gasteiger partial charge is 0.493 e. The van der Waals surface area contributed by atoms with Crippen LogP contribution in [0.2, 0.25) is 5.02 Å². The molecule has 1 atom stereocenters. The summed E-state index contributed by atoms with van der Waals surface area (Å²) in [5.74, 6) is 1.57. The lowest BCUT2D eigenvalue weighted by Crippen LogP contribution is -2.01. The summed E-state index contributed by atoms with van der Waals surface area (Å²) < 4.78 is 11.7. The zero-order chi connectivity index (χ0) is 16.7. The molecule has 2 rings (SSSR count). The summed E-state index contributed by atoms with van der Waals surface area (Å²) in [7, 11) is 0. The van der Waals surface area contributed by atoms with Crippen molar-refractivity contribution in [1.29, 1.82) is 0 Å². The molecule has 1 unspecified atom stereocenters. The zero-order valence-corrected chi connectivity index (χ0v) is 16.1. The molecule has 0 aliphatic heterocycles. The summed E-state index contributed by atoms with van der Waals surface area (Å²) in [6.07, 6.45) is 4.55. The van der Waals surface area contributed by atoms with Crippen molar-refractivity contribution < 1.29 is 9.47 Å². The van der Waals surface area contributed by atoms with Gasteiger partial charge in [-0.15, -0.1) is 0 Å². The number of ether oxygens (including phenoxy) is 2. The molecule has 0 aliphatic carbocycles. The molecule has 2 aromatic carbocycles. The molecule has 0 aromatic heterocycles. The lowest BCUT2D eigenvalue weighted by atomic mass is 10.1. The van der Waals surface area contributed by atoms with E-state index in [4.69, 9.17) is 21.1 Å². The molecule has 2 nitrogen and oxygen atoms in total. The highest BCUT2D eigenvalue weighted by Gasteiger charge is 2.12. The van der Waals surface area contributed by atoms with E-state index >= 15 is 0 Å². The lowest BCUT2D eigenvalue weighted by Gasteiger charge is -2.14. The maximum atomic E-state index is 6.38. The van der Waals surface area contributed by atoms with Crippen LogP contribution in [0.4, 0.5) is 0 Å². The van der Waals surface area contributed by atoms with E-state index in [2.05, 4.69) is 28.9 Å². The smallest absolute Gasteiger partial charge is 0.145 e. The number of benzene rings is 2. The average Bonchev–Trinajstić information content (AvgIpc) is 2.57. The van der Waals surface area contributed by atoms with E-state index in [9.17, 15) is 0 Å². The standard InChI is InChI=1S/C19H24BrClO2/c1-3-14(20)9-7-8-12-23-18-13-17(21)19(22-4-2)16-11-6-5-10-15(16)18/h5-6,10-11,13-14H,3-4,7-9,12H2,1-2H3. The van der Waals surface area contributed by atoms with Gasteiger partial charge in [0.05, 0.1) is 18.2 Å². The number of hydrogen-bond acceptors (Lipinski definition) is 2. The van der Waals surface area contributed by atoms with Crippen LogP contribution in [0.1, 0.15) is 39.5 Å². The molecule has 2 aromatic rings. The maximum absolute atomic E-state index is 6.38. The fraction of sp³-hybridized carbons (Fsp3) is 0.474. The molecule has 0 radical (unpaired) electrons. The third kappa shape index (κ3) is 5.02. The van der Waals surface area contributed by atoms with Crippen LogP contribution in [0.3, 0.4) is 0 Å². The molecule has 23 heavy (non-hydrogen) atoms. The number of fused-ring (bicyclic) bond motifs is 1. The minimum atomic E-state index is 0.592. The number of hydrogen-bond donors (Lipinski definition) is 0. The van der Waals surface area contributed by atoms with Crippen molar-refractivity contribution in [3.8, 4) is 11.5 Å². The molecule has 4 heteroatoms. The summed E-state index contributed by atoms with van der Waals surface area (Å²) in [6, 6.07) is 9.94. The Bertz CT molecular complexity index is 630. The SMILES string of the molecule is CCOc1c(Cl)cc(OCCCCC(Br)CC)c2ccccc12. The van der Waals surface area contributed by atoms with Crippen molar-refractivity contribution in [2.24, 2.45) is 0 Å². The van der Waals surface area contributed by atoms with Crippen LogP contribution in [0.25, 0.3) is 10.8 Å². The maximum Gasteiger partial charge on any atom is 0.145 e. The van der Waals surface area contributed by atoms with E-state index in [0.29, 0.717) is 23.1 Å². The highest BCUT2D eigenvalue weighted by molar-refractivity contribution is 9.09. The van der Waals surface area contributed by atoms with Crippen LogP contribution in [0.5, 0.6) is 11.5 Å². The molecule has 0 saturated heterocycles. The van der Waals surface area contributed by atoms with Gasteiger partial charge in [0, 0.05) is 21.7 Å². The monoisotopic (exact) mass is 398 g/mol. The van der Waals surface area contributed by atoms with Gasteiger partial charge in [-0.05, 0) is 32.6 Å². The lowest BCUT2D eigenvalue weighted by molar-refractivity contribution is 0.307. The van der Waals surface area contributed by atoms with Gasteiger partial charge in [0.2, 0.25) is 0 Å². The van der Waals surface area contributed by atoms with Crippen molar-refractivity contribution in [1.82, 2.24) is 0 Å². The normalized spacial score (nSPS) is 12.3. The van der Waals surface area contributed by atoms with Gasteiger partial charge in [-0.2, -0.15) is 0 Å². The molecular formula is C19H24BrClO2. The fourth-order valence-corrected chi connectivity index (χ4v) is 3.13. The molecule has 0 fully saturated rings. The molecule has 0 spiro atoms. The second kappa shape index (κ2) is 9.39. The summed E-state index contributed by atoms with van der Waals surface area (Å²) in [5, 5.41) is 2.66. The minimum Gasteiger partial charge on any atom is -0.493 e. The third-order valence-electron chi connectivity index (χ3n) is 3.81. The number of rotatable bonds is 9. The predicted octanol–water partition coefficient (Wildman–Crippen LogP) is 6.61. The van der Waals surface area contributed by atoms with E-state index in [1.165, 1.54) is 12.8 Å². The molecular weight excluding hydrogens is 376 g/mol. The average molecular weight is 400 g/mol. The molecule has 0 N–H and O–H groups in total. The van der Waals surface area contributed by atoms with Crippen molar-refractivity contribution in [3.05, 3.63) is 35.4 Å². The van der Waals surface area contributed by atoms with E-state index < -0.39 is 0 Å². The summed E-state index contributed by atoms with van der Waals surface area (Å²) in [5.41, 5.74) is 0. The Morgan fingerprint density at radius 3 is 2.52 bits per heavy atom. The summed E-state index contributed by atoms with van der Waals surface area (Å²) in [4.78, 5) is 0.614. The van der Waals surface area contributed by atoms with Crippen molar-refractivity contribution in [3.63, 3.8) is 0 Å². The quantitative estimate of drug-likeness (QED) is 0.348. The Hall–Kier alpha value is -0.930. The number of unbranched alkanes of at least 4 members (excludes halogenated alkanes) is 1. The fourth-order valence-electron chi connectivity index (χ4n) is 2.55. The van der Waals surface area contributed by atoms with E-state index in [0.717, 1.165) is 35.1 Å². The Morgan fingerprint density at radius 1 is 1.09 bits per heavy atom.